The monoisotopic (exact) mass is 313 g/mol. The van der Waals surface area contributed by atoms with Crippen LogP contribution in [0.1, 0.15) is 11.6 Å². The van der Waals surface area contributed by atoms with Crippen LogP contribution in [-0.2, 0) is 9.53 Å². The predicted octanol–water partition coefficient (Wildman–Crippen LogP) is 2.70. The van der Waals surface area contributed by atoms with Gasteiger partial charge in [0.05, 0.1) is 7.11 Å². The van der Waals surface area contributed by atoms with Crippen LogP contribution in [-0.4, -0.2) is 13.1 Å². The van der Waals surface area contributed by atoms with Gasteiger partial charge in [-0.25, -0.2) is 0 Å². The highest BCUT2D eigenvalue weighted by Gasteiger charge is 2.18. The SMILES string of the molecule is COC(=O)[C@@H](N)c1ccc(Cl)cc1Br.Cl. The third kappa shape index (κ3) is 3.65. The maximum atomic E-state index is 11.1. The van der Waals surface area contributed by atoms with Crippen LogP contribution in [0.15, 0.2) is 22.7 Å². The number of hydrogen-bond donors (Lipinski definition) is 1. The van der Waals surface area contributed by atoms with Gasteiger partial charge in [-0.15, -0.1) is 12.4 Å². The number of rotatable bonds is 2. The first-order valence-electron chi connectivity index (χ1n) is 3.84. The summed E-state index contributed by atoms with van der Waals surface area (Å²) in [5.74, 6) is -0.479. The number of esters is 1. The summed E-state index contributed by atoms with van der Waals surface area (Å²) in [6, 6.07) is 4.25. The number of methoxy groups -OCH3 is 1. The van der Waals surface area contributed by atoms with E-state index in [1.54, 1.807) is 18.2 Å². The molecule has 15 heavy (non-hydrogen) atoms. The van der Waals surface area contributed by atoms with Crippen molar-refractivity contribution < 1.29 is 9.53 Å². The van der Waals surface area contributed by atoms with Gasteiger partial charge in [0.15, 0.2) is 0 Å². The molecule has 0 amide bonds. The maximum absolute atomic E-state index is 11.1. The van der Waals surface area contributed by atoms with Crippen LogP contribution >= 0.6 is 39.9 Å². The molecule has 0 aliphatic heterocycles. The van der Waals surface area contributed by atoms with Crippen molar-refractivity contribution in [3.05, 3.63) is 33.3 Å². The van der Waals surface area contributed by atoms with Crippen LogP contribution in [0.25, 0.3) is 0 Å². The van der Waals surface area contributed by atoms with Crippen molar-refractivity contribution in [2.75, 3.05) is 7.11 Å². The predicted molar refractivity (Wildman–Crippen MR) is 65.3 cm³/mol. The van der Waals surface area contributed by atoms with E-state index in [9.17, 15) is 4.79 Å². The van der Waals surface area contributed by atoms with Gasteiger partial charge in [0.25, 0.3) is 0 Å². The summed E-state index contributed by atoms with van der Waals surface area (Å²) in [5.41, 5.74) is 6.31. The summed E-state index contributed by atoms with van der Waals surface area (Å²) in [5, 5.41) is 0.581. The molecule has 0 radical (unpaired) electrons. The number of halogens is 3. The van der Waals surface area contributed by atoms with Gasteiger partial charge < -0.3 is 10.5 Å². The zero-order valence-corrected chi connectivity index (χ0v) is 11.0. The van der Waals surface area contributed by atoms with Gasteiger partial charge in [-0.2, -0.15) is 0 Å². The van der Waals surface area contributed by atoms with Gasteiger partial charge in [0.1, 0.15) is 6.04 Å². The highest BCUT2D eigenvalue weighted by atomic mass is 79.9. The second-order valence-corrected chi connectivity index (χ2v) is 3.96. The second-order valence-electron chi connectivity index (χ2n) is 2.67. The molecule has 0 saturated heterocycles. The second kappa shape index (κ2) is 6.33. The molecule has 0 unspecified atom stereocenters. The van der Waals surface area contributed by atoms with Crippen molar-refractivity contribution in [3.8, 4) is 0 Å². The number of benzene rings is 1. The van der Waals surface area contributed by atoms with Gasteiger partial charge in [-0.3, -0.25) is 4.79 Å². The highest BCUT2D eigenvalue weighted by molar-refractivity contribution is 9.10. The van der Waals surface area contributed by atoms with E-state index < -0.39 is 12.0 Å². The molecule has 84 valence electrons. The van der Waals surface area contributed by atoms with Crippen LogP contribution in [0.4, 0.5) is 0 Å². The van der Waals surface area contributed by atoms with Crippen molar-refractivity contribution in [2.45, 2.75) is 6.04 Å². The fourth-order valence-electron chi connectivity index (χ4n) is 1.01. The smallest absolute Gasteiger partial charge is 0.327 e. The number of hydrogen-bond acceptors (Lipinski definition) is 3. The first kappa shape index (κ1) is 14.7. The first-order chi connectivity index (χ1) is 6.56. The summed E-state index contributed by atoms with van der Waals surface area (Å²) < 4.78 is 5.23. The van der Waals surface area contributed by atoms with Crippen LogP contribution in [0.3, 0.4) is 0 Å². The van der Waals surface area contributed by atoms with E-state index in [1.807, 2.05) is 0 Å². The van der Waals surface area contributed by atoms with Crippen LogP contribution in [0, 0.1) is 0 Å². The number of carbonyl (C=O) groups is 1. The minimum atomic E-state index is -0.786. The molecule has 0 fully saturated rings. The average molecular weight is 315 g/mol. The molecule has 1 atom stereocenters. The van der Waals surface area contributed by atoms with Crippen molar-refractivity contribution in [3.63, 3.8) is 0 Å². The molecule has 1 rings (SSSR count). The Morgan fingerprint density at radius 2 is 2.20 bits per heavy atom. The fraction of sp³-hybridized carbons (Fsp3) is 0.222. The normalized spacial score (nSPS) is 11.5. The third-order valence-corrected chi connectivity index (χ3v) is 2.67. The molecule has 0 spiro atoms. The fourth-order valence-corrected chi connectivity index (χ4v) is 1.94. The van der Waals surface area contributed by atoms with Crippen molar-refractivity contribution in [1.82, 2.24) is 0 Å². The molecule has 0 saturated carbocycles. The Bertz CT molecular complexity index is 360. The van der Waals surface area contributed by atoms with Crippen LogP contribution in [0.2, 0.25) is 5.02 Å². The average Bonchev–Trinajstić information content (AvgIpc) is 2.15. The van der Waals surface area contributed by atoms with E-state index in [0.29, 0.717) is 15.1 Å². The molecule has 3 nitrogen and oxygen atoms in total. The molecular weight excluding hydrogens is 305 g/mol. The minimum Gasteiger partial charge on any atom is -0.468 e. The van der Waals surface area contributed by atoms with E-state index in [1.165, 1.54) is 7.11 Å². The lowest BCUT2D eigenvalue weighted by atomic mass is 10.1. The third-order valence-electron chi connectivity index (χ3n) is 1.75. The molecule has 0 aliphatic carbocycles. The van der Waals surface area contributed by atoms with Gasteiger partial charge in [0, 0.05) is 9.50 Å². The molecule has 2 N–H and O–H groups in total. The van der Waals surface area contributed by atoms with Crippen LogP contribution in [0.5, 0.6) is 0 Å². The van der Waals surface area contributed by atoms with Crippen molar-refractivity contribution >= 4 is 45.9 Å². The number of ether oxygens (including phenoxy) is 1. The maximum Gasteiger partial charge on any atom is 0.327 e. The standard InChI is InChI=1S/C9H9BrClNO2.ClH/c1-14-9(13)8(12)6-3-2-5(11)4-7(6)10;/h2-4,8H,12H2,1H3;1H/t8-;/m0./s1. The van der Waals surface area contributed by atoms with E-state index in [2.05, 4.69) is 20.7 Å². The van der Waals surface area contributed by atoms with Gasteiger partial charge >= 0.3 is 5.97 Å². The highest BCUT2D eigenvalue weighted by Crippen LogP contribution is 2.26. The quantitative estimate of drug-likeness (QED) is 0.854. The molecule has 0 aliphatic rings. The Balaban J connectivity index is 0.00000196. The summed E-state index contributed by atoms with van der Waals surface area (Å²) in [7, 11) is 1.30. The molecule has 1 aromatic carbocycles. The summed E-state index contributed by atoms with van der Waals surface area (Å²) >= 11 is 9.02. The largest absolute Gasteiger partial charge is 0.468 e. The van der Waals surface area contributed by atoms with Gasteiger partial charge in [0.2, 0.25) is 0 Å². The Hall–Kier alpha value is -0.290. The van der Waals surface area contributed by atoms with Gasteiger partial charge in [-0.1, -0.05) is 33.6 Å². The summed E-state index contributed by atoms with van der Waals surface area (Å²) in [6.07, 6.45) is 0. The topological polar surface area (TPSA) is 52.3 Å². The van der Waals surface area contributed by atoms with E-state index in [-0.39, 0.29) is 12.4 Å². The molecular formula is C9H10BrCl2NO2. The zero-order chi connectivity index (χ0) is 10.7. The summed E-state index contributed by atoms with van der Waals surface area (Å²) in [6.45, 7) is 0. The summed E-state index contributed by atoms with van der Waals surface area (Å²) in [4.78, 5) is 11.1. The van der Waals surface area contributed by atoms with E-state index in [0.717, 1.165) is 0 Å². The Labute approximate surface area is 107 Å². The molecule has 0 heterocycles. The van der Waals surface area contributed by atoms with E-state index >= 15 is 0 Å². The lowest BCUT2D eigenvalue weighted by molar-refractivity contribution is -0.142. The van der Waals surface area contributed by atoms with E-state index in [4.69, 9.17) is 17.3 Å². The Morgan fingerprint density at radius 3 is 2.67 bits per heavy atom. The van der Waals surface area contributed by atoms with Gasteiger partial charge in [-0.05, 0) is 17.7 Å². The number of carbonyl (C=O) groups excluding carboxylic acids is 1. The van der Waals surface area contributed by atoms with Crippen LogP contribution < -0.4 is 5.73 Å². The molecule has 6 heteroatoms. The minimum absolute atomic E-state index is 0. The lowest BCUT2D eigenvalue weighted by Gasteiger charge is -2.11. The zero-order valence-electron chi connectivity index (χ0n) is 7.87. The molecule has 0 bridgehead atoms. The molecule has 0 aromatic heterocycles. The van der Waals surface area contributed by atoms with Crippen molar-refractivity contribution in [1.29, 1.82) is 0 Å². The lowest BCUT2D eigenvalue weighted by Crippen LogP contribution is -2.22. The Morgan fingerprint density at radius 1 is 1.60 bits per heavy atom. The number of nitrogens with two attached hydrogens (primary N) is 1. The first-order valence-corrected chi connectivity index (χ1v) is 5.01. The molecule has 1 aromatic rings. The Kier molecular flexibility index (Phi) is 6.20. The van der Waals surface area contributed by atoms with Crippen molar-refractivity contribution in [2.24, 2.45) is 5.73 Å².